The number of hydrogen-bond donors (Lipinski definition) is 1. The van der Waals surface area contributed by atoms with Gasteiger partial charge in [-0.3, -0.25) is 0 Å². The van der Waals surface area contributed by atoms with Gasteiger partial charge in [0.25, 0.3) is 0 Å². The first-order valence-electron chi connectivity index (χ1n) is 6.42. The van der Waals surface area contributed by atoms with E-state index in [1.54, 1.807) is 0 Å². The molecule has 1 aromatic heterocycles. The highest BCUT2D eigenvalue weighted by Gasteiger charge is 2.43. The first-order chi connectivity index (χ1) is 9.05. The van der Waals surface area contributed by atoms with Crippen molar-refractivity contribution in [2.24, 2.45) is 11.7 Å². The second-order valence-electron chi connectivity index (χ2n) is 5.38. The van der Waals surface area contributed by atoms with Gasteiger partial charge in [0.15, 0.2) is 5.82 Å². The molecular weight excluding hydrogens is 306 g/mol. The van der Waals surface area contributed by atoms with Crippen LogP contribution in [0.25, 0.3) is 0 Å². The summed E-state index contributed by atoms with van der Waals surface area (Å²) in [5, 5.41) is 4.04. The average molecular weight is 322 g/mol. The van der Waals surface area contributed by atoms with E-state index >= 15 is 0 Å². The molecule has 5 heteroatoms. The van der Waals surface area contributed by atoms with Gasteiger partial charge in [0, 0.05) is 10.9 Å². The van der Waals surface area contributed by atoms with Crippen molar-refractivity contribution in [1.82, 2.24) is 10.1 Å². The monoisotopic (exact) mass is 321 g/mol. The summed E-state index contributed by atoms with van der Waals surface area (Å²) < 4.78 is 6.39. The molecule has 0 bridgehead atoms. The Bertz CT molecular complexity index is 590. The number of halogens is 1. The Kier molecular flexibility index (Phi) is 3.19. The molecule has 1 saturated carbocycles. The molecule has 3 rings (SSSR count). The van der Waals surface area contributed by atoms with Crippen molar-refractivity contribution in [2.75, 3.05) is 0 Å². The molecule has 1 atom stereocenters. The van der Waals surface area contributed by atoms with Gasteiger partial charge in [0.05, 0.1) is 5.54 Å². The van der Waals surface area contributed by atoms with Gasteiger partial charge in [0.2, 0.25) is 5.89 Å². The van der Waals surface area contributed by atoms with Crippen LogP contribution in [0, 0.1) is 5.92 Å². The number of hydrogen-bond acceptors (Lipinski definition) is 4. The van der Waals surface area contributed by atoms with Crippen molar-refractivity contribution in [3.05, 3.63) is 46.0 Å². The maximum absolute atomic E-state index is 6.27. The third-order valence-electron chi connectivity index (χ3n) is 3.61. The summed E-state index contributed by atoms with van der Waals surface area (Å²) >= 11 is 3.46. The molecule has 2 N–H and O–H groups in total. The SMILES string of the molecule is CC(N)(c1nc(Cc2cccc(Br)c2)no1)C1CC1. The molecule has 4 nitrogen and oxygen atoms in total. The number of aromatic nitrogens is 2. The van der Waals surface area contributed by atoms with E-state index in [4.69, 9.17) is 10.3 Å². The van der Waals surface area contributed by atoms with E-state index < -0.39 is 5.54 Å². The van der Waals surface area contributed by atoms with Crippen LogP contribution in [-0.4, -0.2) is 10.1 Å². The van der Waals surface area contributed by atoms with Crippen LogP contribution in [0.4, 0.5) is 0 Å². The fourth-order valence-electron chi connectivity index (χ4n) is 2.23. The Hall–Kier alpha value is -1.20. The van der Waals surface area contributed by atoms with Gasteiger partial charge in [-0.05, 0) is 43.4 Å². The number of nitrogens with two attached hydrogens (primary N) is 1. The van der Waals surface area contributed by atoms with Gasteiger partial charge in [-0.15, -0.1) is 0 Å². The zero-order valence-corrected chi connectivity index (χ0v) is 12.4. The molecule has 0 spiro atoms. The summed E-state index contributed by atoms with van der Waals surface area (Å²) in [6, 6.07) is 8.09. The van der Waals surface area contributed by atoms with Crippen LogP contribution in [0.5, 0.6) is 0 Å². The second kappa shape index (κ2) is 4.72. The Morgan fingerprint density at radius 1 is 1.47 bits per heavy atom. The van der Waals surface area contributed by atoms with E-state index in [0.717, 1.165) is 22.9 Å². The Labute approximate surface area is 120 Å². The molecule has 1 heterocycles. The smallest absolute Gasteiger partial charge is 0.246 e. The molecule has 2 aromatic rings. The minimum Gasteiger partial charge on any atom is -0.337 e. The standard InChI is InChI=1S/C14H16BrN3O/c1-14(16,10-5-6-10)13-17-12(18-19-13)8-9-3-2-4-11(15)7-9/h2-4,7,10H,5-6,8,16H2,1H3. The van der Waals surface area contributed by atoms with Crippen molar-refractivity contribution < 1.29 is 4.52 Å². The Balaban J connectivity index is 1.78. The van der Waals surface area contributed by atoms with Gasteiger partial charge in [-0.1, -0.05) is 33.2 Å². The molecule has 0 aliphatic heterocycles. The van der Waals surface area contributed by atoms with Gasteiger partial charge < -0.3 is 10.3 Å². The first kappa shape index (κ1) is 12.8. The second-order valence-corrected chi connectivity index (χ2v) is 6.30. The highest BCUT2D eigenvalue weighted by molar-refractivity contribution is 9.10. The predicted octanol–water partition coefficient (Wildman–Crippen LogP) is 3.01. The van der Waals surface area contributed by atoms with Crippen molar-refractivity contribution in [2.45, 2.75) is 31.7 Å². The molecule has 1 aliphatic rings. The van der Waals surface area contributed by atoms with E-state index in [1.165, 1.54) is 0 Å². The summed E-state index contributed by atoms with van der Waals surface area (Å²) in [4.78, 5) is 4.45. The highest BCUT2D eigenvalue weighted by Crippen LogP contribution is 2.43. The molecule has 1 fully saturated rings. The zero-order chi connectivity index (χ0) is 13.5. The minimum atomic E-state index is -0.484. The van der Waals surface area contributed by atoms with E-state index in [2.05, 4.69) is 32.1 Å². The molecule has 1 aromatic carbocycles. The van der Waals surface area contributed by atoms with Crippen LogP contribution >= 0.6 is 15.9 Å². The molecular formula is C14H16BrN3O. The van der Waals surface area contributed by atoms with Crippen LogP contribution < -0.4 is 5.73 Å². The highest BCUT2D eigenvalue weighted by atomic mass is 79.9. The number of nitrogens with zero attached hydrogens (tertiary/aromatic N) is 2. The van der Waals surface area contributed by atoms with Crippen molar-refractivity contribution in [1.29, 1.82) is 0 Å². The van der Waals surface area contributed by atoms with Crippen LogP contribution in [0.15, 0.2) is 33.3 Å². The van der Waals surface area contributed by atoms with Crippen LogP contribution in [0.1, 0.15) is 37.0 Å². The number of rotatable bonds is 4. The summed E-state index contributed by atoms with van der Waals surface area (Å²) in [6.07, 6.45) is 2.95. The van der Waals surface area contributed by atoms with Gasteiger partial charge in [-0.25, -0.2) is 0 Å². The van der Waals surface area contributed by atoms with Crippen LogP contribution in [-0.2, 0) is 12.0 Å². The molecule has 0 amide bonds. The van der Waals surface area contributed by atoms with Gasteiger partial charge in [0.1, 0.15) is 0 Å². The lowest BCUT2D eigenvalue weighted by Crippen LogP contribution is -2.35. The fourth-order valence-corrected chi connectivity index (χ4v) is 2.68. The molecule has 0 radical (unpaired) electrons. The molecule has 1 unspecified atom stereocenters. The maximum Gasteiger partial charge on any atom is 0.246 e. The third kappa shape index (κ3) is 2.72. The lowest BCUT2D eigenvalue weighted by atomic mass is 9.97. The minimum absolute atomic E-state index is 0.478. The summed E-state index contributed by atoms with van der Waals surface area (Å²) in [5.41, 5.74) is 6.93. The molecule has 100 valence electrons. The van der Waals surface area contributed by atoms with E-state index in [-0.39, 0.29) is 0 Å². The summed E-state index contributed by atoms with van der Waals surface area (Å²) in [5.74, 6) is 1.72. The average Bonchev–Trinajstić information content (AvgIpc) is 3.11. The predicted molar refractivity (Wildman–Crippen MR) is 75.5 cm³/mol. The lowest BCUT2D eigenvalue weighted by molar-refractivity contribution is 0.272. The Morgan fingerprint density at radius 3 is 2.95 bits per heavy atom. The van der Waals surface area contributed by atoms with Crippen molar-refractivity contribution >= 4 is 15.9 Å². The van der Waals surface area contributed by atoms with Crippen LogP contribution in [0.2, 0.25) is 0 Å². The Morgan fingerprint density at radius 2 is 2.26 bits per heavy atom. The van der Waals surface area contributed by atoms with Crippen LogP contribution in [0.3, 0.4) is 0 Å². The maximum atomic E-state index is 6.27. The molecule has 1 aliphatic carbocycles. The van der Waals surface area contributed by atoms with Crippen molar-refractivity contribution in [3.8, 4) is 0 Å². The topological polar surface area (TPSA) is 64.9 Å². The zero-order valence-electron chi connectivity index (χ0n) is 10.8. The largest absolute Gasteiger partial charge is 0.337 e. The van der Waals surface area contributed by atoms with Crippen molar-refractivity contribution in [3.63, 3.8) is 0 Å². The van der Waals surface area contributed by atoms with Gasteiger partial charge >= 0.3 is 0 Å². The number of benzene rings is 1. The summed E-state index contributed by atoms with van der Waals surface area (Å²) in [6.45, 7) is 1.97. The normalized spacial score (nSPS) is 18.3. The van der Waals surface area contributed by atoms with Gasteiger partial charge in [-0.2, -0.15) is 4.98 Å². The third-order valence-corrected chi connectivity index (χ3v) is 4.10. The lowest BCUT2D eigenvalue weighted by Gasteiger charge is -2.18. The van der Waals surface area contributed by atoms with E-state index in [1.807, 2.05) is 25.1 Å². The fraction of sp³-hybridized carbons (Fsp3) is 0.429. The quantitative estimate of drug-likeness (QED) is 0.940. The van der Waals surface area contributed by atoms with E-state index in [0.29, 0.717) is 24.1 Å². The molecule has 0 saturated heterocycles. The summed E-state index contributed by atoms with van der Waals surface area (Å²) in [7, 11) is 0. The van der Waals surface area contributed by atoms with E-state index in [9.17, 15) is 0 Å². The first-order valence-corrected chi connectivity index (χ1v) is 7.21. The molecule has 19 heavy (non-hydrogen) atoms.